The topological polar surface area (TPSA) is 43.8 Å². The van der Waals surface area contributed by atoms with Crippen LogP contribution in [0.3, 0.4) is 0 Å². The van der Waals surface area contributed by atoms with Gasteiger partial charge in [0.2, 0.25) is 0 Å². The van der Waals surface area contributed by atoms with Crippen LogP contribution in [0.15, 0.2) is 30.6 Å². The standard InChI is InChI=1S/C11H11FIN3/c1-7(14)11-9(12)3-2-4-10(11)16-6-8(13)5-15-16/h2-7H,14H2,1H3. The van der Waals surface area contributed by atoms with E-state index in [1.165, 1.54) is 6.07 Å². The lowest BCUT2D eigenvalue weighted by molar-refractivity contribution is 0.589. The van der Waals surface area contributed by atoms with Crippen molar-refractivity contribution in [2.75, 3.05) is 0 Å². The lowest BCUT2D eigenvalue weighted by atomic mass is 10.1. The number of halogens is 2. The van der Waals surface area contributed by atoms with E-state index < -0.39 is 0 Å². The van der Waals surface area contributed by atoms with E-state index in [2.05, 4.69) is 27.7 Å². The van der Waals surface area contributed by atoms with Crippen molar-refractivity contribution in [3.05, 3.63) is 45.5 Å². The van der Waals surface area contributed by atoms with Gasteiger partial charge in [0, 0.05) is 17.8 Å². The van der Waals surface area contributed by atoms with Gasteiger partial charge in [0.1, 0.15) is 5.82 Å². The summed E-state index contributed by atoms with van der Waals surface area (Å²) in [6, 6.07) is 4.52. The highest BCUT2D eigenvalue weighted by Crippen LogP contribution is 2.23. The minimum Gasteiger partial charge on any atom is -0.324 e. The van der Waals surface area contributed by atoms with Crippen molar-refractivity contribution >= 4 is 22.6 Å². The van der Waals surface area contributed by atoms with Crippen LogP contribution in [0.25, 0.3) is 5.69 Å². The molecule has 1 aromatic heterocycles. The van der Waals surface area contributed by atoms with Crippen molar-refractivity contribution in [1.29, 1.82) is 0 Å². The molecule has 0 saturated carbocycles. The van der Waals surface area contributed by atoms with Gasteiger partial charge in [-0.25, -0.2) is 9.07 Å². The molecule has 2 aromatic rings. The highest BCUT2D eigenvalue weighted by Gasteiger charge is 2.14. The number of benzene rings is 1. The summed E-state index contributed by atoms with van der Waals surface area (Å²) in [5.74, 6) is -0.294. The molecule has 3 nitrogen and oxygen atoms in total. The van der Waals surface area contributed by atoms with Gasteiger partial charge in [-0.2, -0.15) is 5.10 Å². The second-order valence-corrected chi connectivity index (χ2v) is 4.81. The van der Waals surface area contributed by atoms with E-state index in [0.717, 1.165) is 3.57 Å². The highest BCUT2D eigenvalue weighted by atomic mass is 127. The predicted molar refractivity (Wildman–Crippen MR) is 68.8 cm³/mol. The number of aromatic nitrogens is 2. The second kappa shape index (κ2) is 4.50. The summed E-state index contributed by atoms with van der Waals surface area (Å²) >= 11 is 2.16. The molecule has 1 heterocycles. The van der Waals surface area contributed by atoms with Crippen LogP contribution in [0.2, 0.25) is 0 Å². The molecule has 1 unspecified atom stereocenters. The van der Waals surface area contributed by atoms with Crippen molar-refractivity contribution < 1.29 is 4.39 Å². The second-order valence-electron chi connectivity index (χ2n) is 3.56. The Labute approximate surface area is 107 Å². The van der Waals surface area contributed by atoms with Crippen LogP contribution in [0, 0.1) is 9.39 Å². The molecule has 0 spiro atoms. The summed E-state index contributed by atoms with van der Waals surface area (Å²) in [4.78, 5) is 0. The van der Waals surface area contributed by atoms with Crippen LogP contribution in [-0.2, 0) is 0 Å². The Balaban J connectivity index is 2.60. The van der Waals surface area contributed by atoms with Crippen LogP contribution in [0.4, 0.5) is 4.39 Å². The Morgan fingerprint density at radius 1 is 1.50 bits per heavy atom. The van der Waals surface area contributed by atoms with Gasteiger partial charge < -0.3 is 5.73 Å². The fourth-order valence-corrected chi connectivity index (χ4v) is 2.00. The van der Waals surface area contributed by atoms with Crippen molar-refractivity contribution in [1.82, 2.24) is 9.78 Å². The molecule has 84 valence electrons. The molecule has 1 aromatic carbocycles. The van der Waals surface area contributed by atoms with Gasteiger partial charge in [0.25, 0.3) is 0 Å². The van der Waals surface area contributed by atoms with Gasteiger partial charge in [-0.15, -0.1) is 0 Å². The zero-order valence-corrected chi connectivity index (χ0v) is 10.8. The number of rotatable bonds is 2. The first-order chi connectivity index (χ1) is 7.59. The number of nitrogens with two attached hydrogens (primary N) is 1. The van der Waals surface area contributed by atoms with Crippen molar-refractivity contribution in [2.45, 2.75) is 13.0 Å². The summed E-state index contributed by atoms with van der Waals surface area (Å²) in [6.07, 6.45) is 3.55. The molecule has 0 aliphatic carbocycles. The summed E-state index contributed by atoms with van der Waals surface area (Å²) < 4.78 is 16.3. The Morgan fingerprint density at radius 3 is 2.81 bits per heavy atom. The monoisotopic (exact) mass is 331 g/mol. The fraction of sp³-hybridized carbons (Fsp3) is 0.182. The third kappa shape index (κ3) is 2.10. The van der Waals surface area contributed by atoms with E-state index in [0.29, 0.717) is 11.3 Å². The molecular formula is C11H11FIN3. The van der Waals surface area contributed by atoms with E-state index in [4.69, 9.17) is 5.73 Å². The minimum atomic E-state index is -0.363. The first-order valence-electron chi connectivity index (χ1n) is 4.84. The molecule has 0 amide bonds. The zero-order valence-electron chi connectivity index (χ0n) is 8.69. The normalized spacial score (nSPS) is 12.8. The molecule has 16 heavy (non-hydrogen) atoms. The van der Waals surface area contributed by atoms with Crippen molar-refractivity contribution in [2.24, 2.45) is 5.73 Å². The van der Waals surface area contributed by atoms with Crippen LogP contribution < -0.4 is 5.73 Å². The summed E-state index contributed by atoms with van der Waals surface area (Å²) in [5.41, 5.74) is 6.96. The van der Waals surface area contributed by atoms with E-state index in [1.54, 1.807) is 23.9 Å². The van der Waals surface area contributed by atoms with Gasteiger partial charge in [-0.1, -0.05) is 6.07 Å². The third-order valence-corrected chi connectivity index (χ3v) is 2.84. The molecule has 1 atom stereocenters. The summed E-state index contributed by atoms with van der Waals surface area (Å²) in [6.45, 7) is 1.76. The fourth-order valence-electron chi connectivity index (χ4n) is 1.61. The van der Waals surface area contributed by atoms with Crippen LogP contribution in [-0.4, -0.2) is 9.78 Å². The molecule has 2 rings (SSSR count). The smallest absolute Gasteiger partial charge is 0.130 e. The molecule has 0 bridgehead atoms. The maximum atomic E-state index is 13.7. The van der Waals surface area contributed by atoms with Gasteiger partial charge in [-0.3, -0.25) is 0 Å². The van der Waals surface area contributed by atoms with Gasteiger partial charge in [0.05, 0.1) is 15.5 Å². The molecule has 0 fully saturated rings. The first-order valence-corrected chi connectivity index (χ1v) is 5.92. The van der Waals surface area contributed by atoms with Crippen LogP contribution >= 0.6 is 22.6 Å². The molecule has 0 aliphatic heterocycles. The molecule has 0 aliphatic rings. The number of hydrogen-bond donors (Lipinski definition) is 1. The van der Waals surface area contributed by atoms with E-state index >= 15 is 0 Å². The highest BCUT2D eigenvalue weighted by molar-refractivity contribution is 14.1. The van der Waals surface area contributed by atoms with Crippen LogP contribution in [0.1, 0.15) is 18.5 Å². The number of hydrogen-bond acceptors (Lipinski definition) is 2. The number of nitrogens with zero attached hydrogens (tertiary/aromatic N) is 2. The van der Waals surface area contributed by atoms with Crippen LogP contribution in [0.5, 0.6) is 0 Å². The summed E-state index contributed by atoms with van der Waals surface area (Å²) in [7, 11) is 0. The molecular weight excluding hydrogens is 320 g/mol. The van der Waals surface area contributed by atoms with E-state index in [1.807, 2.05) is 12.3 Å². The third-order valence-electron chi connectivity index (χ3n) is 2.28. The maximum Gasteiger partial charge on any atom is 0.130 e. The Hall–Kier alpha value is -0.950. The average molecular weight is 331 g/mol. The maximum absolute atomic E-state index is 13.7. The van der Waals surface area contributed by atoms with Crippen molar-refractivity contribution in [3.63, 3.8) is 0 Å². The Kier molecular flexibility index (Phi) is 3.25. The SMILES string of the molecule is CC(N)c1c(F)cccc1-n1cc(I)cn1. The largest absolute Gasteiger partial charge is 0.324 e. The minimum absolute atomic E-state index is 0.294. The first kappa shape index (κ1) is 11.5. The van der Waals surface area contributed by atoms with Gasteiger partial charge in [-0.05, 0) is 41.6 Å². The van der Waals surface area contributed by atoms with E-state index in [9.17, 15) is 4.39 Å². The predicted octanol–water partition coefficient (Wildman–Crippen LogP) is 2.64. The summed E-state index contributed by atoms with van der Waals surface area (Å²) in [5, 5.41) is 4.16. The lowest BCUT2D eigenvalue weighted by Crippen LogP contribution is -2.12. The Morgan fingerprint density at radius 2 is 2.25 bits per heavy atom. The zero-order chi connectivity index (χ0) is 11.7. The van der Waals surface area contributed by atoms with Crippen molar-refractivity contribution in [3.8, 4) is 5.69 Å². The molecule has 2 N–H and O–H groups in total. The molecule has 0 saturated heterocycles. The quantitative estimate of drug-likeness (QED) is 0.860. The Bertz CT molecular complexity index is 508. The van der Waals surface area contributed by atoms with E-state index in [-0.39, 0.29) is 11.9 Å². The molecule has 0 radical (unpaired) electrons. The molecule has 5 heteroatoms. The van der Waals surface area contributed by atoms with Gasteiger partial charge in [0.15, 0.2) is 0 Å². The average Bonchev–Trinajstić information content (AvgIpc) is 2.63. The lowest BCUT2D eigenvalue weighted by Gasteiger charge is -2.13. The van der Waals surface area contributed by atoms with Gasteiger partial charge >= 0.3 is 0 Å².